The average molecular weight is 249 g/mol. The zero-order chi connectivity index (χ0) is 12.5. The summed E-state index contributed by atoms with van der Waals surface area (Å²) in [6.07, 6.45) is -2.27. The van der Waals surface area contributed by atoms with Crippen molar-refractivity contribution in [3.63, 3.8) is 0 Å². The van der Waals surface area contributed by atoms with Crippen LogP contribution in [0.1, 0.15) is 18.2 Å². The second-order valence-electron chi connectivity index (χ2n) is 4.00. The molecule has 17 heavy (non-hydrogen) atoms. The number of rotatable bonds is 2. The van der Waals surface area contributed by atoms with E-state index in [1.165, 1.54) is 10.9 Å². The van der Waals surface area contributed by atoms with Crippen LogP contribution in [-0.2, 0) is 10.9 Å². The van der Waals surface area contributed by atoms with Crippen molar-refractivity contribution in [2.75, 3.05) is 20.3 Å². The van der Waals surface area contributed by atoms with Crippen molar-refractivity contribution in [2.45, 2.75) is 24.7 Å². The van der Waals surface area contributed by atoms with Gasteiger partial charge in [0.1, 0.15) is 0 Å². The topological polar surface area (TPSA) is 39.1 Å². The molecule has 1 aliphatic heterocycles. The summed E-state index contributed by atoms with van der Waals surface area (Å²) in [5, 5.41) is 6.65. The van der Waals surface area contributed by atoms with Gasteiger partial charge < -0.3 is 10.1 Å². The fourth-order valence-electron chi connectivity index (χ4n) is 1.99. The number of alkyl halides is 3. The highest BCUT2D eigenvalue weighted by Gasteiger charge is 2.35. The van der Waals surface area contributed by atoms with Gasteiger partial charge >= 0.3 is 6.18 Å². The summed E-state index contributed by atoms with van der Waals surface area (Å²) in [5.74, 6) is 0. The minimum Gasteiger partial charge on any atom is -0.379 e. The molecule has 1 aromatic heterocycles. The lowest BCUT2D eigenvalue weighted by atomic mass is 10.0. The Labute approximate surface area is 96.7 Å². The second-order valence-corrected chi connectivity index (χ2v) is 4.00. The van der Waals surface area contributed by atoms with Gasteiger partial charge in [0.15, 0.2) is 5.69 Å². The van der Waals surface area contributed by atoms with Crippen LogP contribution in [0, 0.1) is 0 Å². The molecule has 0 radical (unpaired) electrons. The van der Waals surface area contributed by atoms with Gasteiger partial charge in [0, 0.05) is 18.8 Å². The van der Waals surface area contributed by atoms with Crippen molar-refractivity contribution >= 4 is 0 Å². The molecule has 0 spiro atoms. The molecule has 1 aromatic rings. The maximum atomic E-state index is 12.4. The van der Waals surface area contributed by atoms with Gasteiger partial charge in [-0.15, -0.1) is 0 Å². The summed E-state index contributed by atoms with van der Waals surface area (Å²) >= 11 is 0. The highest BCUT2D eigenvalue weighted by Crippen LogP contribution is 2.29. The van der Waals surface area contributed by atoms with Crippen molar-refractivity contribution in [3.8, 4) is 0 Å². The Kier molecular flexibility index (Phi) is 3.39. The summed E-state index contributed by atoms with van der Waals surface area (Å²) in [4.78, 5) is 0. The SMILES string of the molecule is CNC1CCOCC1n1ccc(C(F)(F)F)n1. The van der Waals surface area contributed by atoms with E-state index in [2.05, 4.69) is 10.4 Å². The molecule has 96 valence electrons. The quantitative estimate of drug-likeness (QED) is 0.862. The summed E-state index contributed by atoms with van der Waals surface area (Å²) in [5.41, 5.74) is -0.863. The molecule has 1 saturated heterocycles. The number of halogens is 3. The number of aromatic nitrogens is 2. The maximum absolute atomic E-state index is 12.4. The van der Waals surface area contributed by atoms with Gasteiger partial charge in [0.2, 0.25) is 0 Å². The van der Waals surface area contributed by atoms with Gasteiger partial charge in [-0.25, -0.2) is 0 Å². The van der Waals surface area contributed by atoms with Crippen LogP contribution < -0.4 is 5.32 Å². The first-order chi connectivity index (χ1) is 8.02. The van der Waals surface area contributed by atoms with Crippen molar-refractivity contribution in [1.82, 2.24) is 15.1 Å². The maximum Gasteiger partial charge on any atom is 0.435 e. The number of likely N-dealkylation sites (N-methyl/N-ethyl adjacent to an activating group) is 1. The largest absolute Gasteiger partial charge is 0.435 e. The van der Waals surface area contributed by atoms with E-state index < -0.39 is 11.9 Å². The monoisotopic (exact) mass is 249 g/mol. The molecule has 2 heterocycles. The van der Waals surface area contributed by atoms with Crippen LogP contribution in [0.2, 0.25) is 0 Å². The van der Waals surface area contributed by atoms with Crippen molar-refractivity contribution in [2.24, 2.45) is 0 Å². The Hall–Kier alpha value is -1.08. The van der Waals surface area contributed by atoms with Gasteiger partial charge in [-0.1, -0.05) is 0 Å². The molecule has 0 amide bonds. The summed E-state index contributed by atoms with van der Waals surface area (Å²) in [6, 6.07) is 0.885. The molecule has 0 bridgehead atoms. The lowest BCUT2D eigenvalue weighted by molar-refractivity contribution is -0.141. The third kappa shape index (κ3) is 2.61. The Morgan fingerprint density at radius 3 is 2.88 bits per heavy atom. The Morgan fingerprint density at radius 1 is 1.53 bits per heavy atom. The van der Waals surface area contributed by atoms with Crippen molar-refractivity contribution in [3.05, 3.63) is 18.0 Å². The van der Waals surface area contributed by atoms with E-state index in [-0.39, 0.29) is 12.1 Å². The third-order valence-corrected chi connectivity index (χ3v) is 2.94. The average Bonchev–Trinajstić information content (AvgIpc) is 2.77. The molecule has 1 fully saturated rings. The first-order valence-electron chi connectivity index (χ1n) is 5.39. The Morgan fingerprint density at radius 2 is 2.29 bits per heavy atom. The number of nitrogens with zero attached hydrogens (tertiary/aromatic N) is 2. The zero-order valence-corrected chi connectivity index (χ0v) is 9.37. The highest BCUT2D eigenvalue weighted by molar-refractivity contribution is 5.04. The van der Waals surface area contributed by atoms with Crippen LogP contribution >= 0.6 is 0 Å². The van der Waals surface area contributed by atoms with Crippen LogP contribution in [0.3, 0.4) is 0 Å². The fraction of sp³-hybridized carbons (Fsp3) is 0.700. The van der Waals surface area contributed by atoms with E-state index >= 15 is 0 Å². The van der Waals surface area contributed by atoms with Gasteiger partial charge in [-0.3, -0.25) is 4.68 Å². The molecular weight excluding hydrogens is 235 g/mol. The molecule has 2 rings (SSSR count). The van der Waals surface area contributed by atoms with E-state index in [9.17, 15) is 13.2 Å². The van der Waals surface area contributed by atoms with Gasteiger partial charge in [-0.2, -0.15) is 18.3 Å². The standard InChI is InChI=1S/C10H14F3N3O/c1-14-7-3-5-17-6-8(7)16-4-2-9(15-16)10(11,12)13/h2,4,7-8,14H,3,5-6H2,1H3. The molecule has 2 atom stereocenters. The van der Waals surface area contributed by atoms with Crippen molar-refractivity contribution in [1.29, 1.82) is 0 Å². The Bertz CT molecular complexity index is 377. The molecular formula is C10H14F3N3O. The molecule has 4 nitrogen and oxygen atoms in total. The van der Waals surface area contributed by atoms with Gasteiger partial charge in [-0.05, 0) is 19.5 Å². The van der Waals surface area contributed by atoms with Gasteiger partial charge in [0.05, 0.1) is 12.6 Å². The summed E-state index contributed by atoms with van der Waals surface area (Å²) in [7, 11) is 1.79. The zero-order valence-electron chi connectivity index (χ0n) is 9.37. The number of hydrogen-bond acceptors (Lipinski definition) is 3. The predicted octanol–water partition coefficient (Wildman–Crippen LogP) is 1.45. The minimum absolute atomic E-state index is 0.0877. The van der Waals surface area contributed by atoms with Crippen LogP contribution in [0.4, 0.5) is 13.2 Å². The smallest absolute Gasteiger partial charge is 0.379 e. The minimum atomic E-state index is -4.39. The highest BCUT2D eigenvalue weighted by atomic mass is 19.4. The predicted molar refractivity (Wildman–Crippen MR) is 54.5 cm³/mol. The normalized spacial score (nSPS) is 26.1. The van der Waals surface area contributed by atoms with E-state index in [4.69, 9.17) is 4.74 Å². The number of nitrogens with one attached hydrogen (secondary N) is 1. The molecule has 2 unspecified atom stereocenters. The van der Waals surface area contributed by atoms with E-state index in [0.717, 1.165) is 12.5 Å². The van der Waals surface area contributed by atoms with Crippen LogP contribution in [0.5, 0.6) is 0 Å². The number of hydrogen-bond donors (Lipinski definition) is 1. The van der Waals surface area contributed by atoms with E-state index in [1.54, 1.807) is 7.05 Å². The summed E-state index contributed by atoms with van der Waals surface area (Å²) < 4.78 is 43.9. The molecule has 1 aliphatic rings. The molecule has 7 heteroatoms. The van der Waals surface area contributed by atoms with E-state index in [0.29, 0.717) is 13.2 Å². The molecule has 0 aliphatic carbocycles. The van der Waals surface area contributed by atoms with Crippen LogP contribution in [0.15, 0.2) is 12.3 Å². The molecule has 0 aromatic carbocycles. The van der Waals surface area contributed by atoms with Crippen LogP contribution in [-0.4, -0.2) is 36.1 Å². The second kappa shape index (κ2) is 4.66. The van der Waals surface area contributed by atoms with E-state index in [1.807, 2.05) is 0 Å². The molecule has 1 N–H and O–H groups in total. The Balaban J connectivity index is 2.18. The third-order valence-electron chi connectivity index (χ3n) is 2.94. The van der Waals surface area contributed by atoms with Gasteiger partial charge in [0.25, 0.3) is 0 Å². The first kappa shape index (κ1) is 12.4. The van der Waals surface area contributed by atoms with Crippen molar-refractivity contribution < 1.29 is 17.9 Å². The summed E-state index contributed by atoms with van der Waals surface area (Å²) in [6.45, 7) is 1.000. The first-order valence-corrected chi connectivity index (χ1v) is 5.39. The lowest BCUT2D eigenvalue weighted by Crippen LogP contribution is -2.42. The van der Waals surface area contributed by atoms with Crippen LogP contribution in [0.25, 0.3) is 0 Å². The number of ether oxygens (including phenoxy) is 1. The molecule has 0 saturated carbocycles. The fourth-order valence-corrected chi connectivity index (χ4v) is 1.99. The lowest BCUT2D eigenvalue weighted by Gasteiger charge is -2.31.